The molecule has 1 heteroatoms. The molecule has 0 aliphatic carbocycles. The van der Waals surface area contributed by atoms with Gasteiger partial charge in [-0.25, -0.2) is 0 Å². The maximum Gasteiger partial charge on any atom is 0.0702 e. The first-order chi connectivity index (χ1) is 13.5. The minimum Gasteiger partial charge on any atom is -0.256 e. The van der Waals surface area contributed by atoms with Crippen LogP contribution in [0.5, 0.6) is 0 Å². The van der Waals surface area contributed by atoms with Gasteiger partial charge in [0.2, 0.25) is 0 Å². The summed E-state index contributed by atoms with van der Waals surface area (Å²) in [4.78, 5) is 4.42. The summed E-state index contributed by atoms with van der Waals surface area (Å²) in [5.74, 6) is 0. The van der Waals surface area contributed by atoms with Gasteiger partial charge in [0.05, 0.1) is 5.69 Å². The van der Waals surface area contributed by atoms with Gasteiger partial charge in [-0.15, -0.1) is 0 Å². The van der Waals surface area contributed by atoms with E-state index in [2.05, 4.69) is 47.4 Å². The Morgan fingerprint density at radius 2 is 1.24 bits per heavy atom. The summed E-state index contributed by atoms with van der Waals surface area (Å²) in [6.45, 7) is -2.07. The Kier molecular flexibility index (Phi) is 3.29. The fourth-order valence-corrected chi connectivity index (χ4v) is 2.91. The smallest absolute Gasteiger partial charge is 0.0702 e. The molecule has 4 aromatic rings. The van der Waals surface area contributed by atoms with Crippen molar-refractivity contribution in [1.29, 1.82) is 0 Å². The molecule has 25 heavy (non-hydrogen) atoms. The molecule has 0 fully saturated rings. The van der Waals surface area contributed by atoms with Gasteiger partial charge in [0.15, 0.2) is 0 Å². The zero-order valence-corrected chi connectivity index (χ0v) is 13.7. The van der Waals surface area contributed by atoms with Crippen LogP contribution in [0.1, 0.15) is 9.68 Å². The molecule has 0 N–H and O–H groups in total. The van der Waals surface area contributed by atoms with Crippen LogP contribution in [0.2, 0.25) is 0 Å². The van der Waals surface area contributed by atoms with Crippen LogP contribution in [-0.4, -0.2) is 4.98 Å². The van der Waals surface area contributed by atoms with Crippen LogP contribution in [0.25, 0.3) is 33.5 Å². The van der Waals surface area contributed by atoms with Crippen LogP contribution in [-0.2, 0) is 0 Å². The average molecular weight is 324 g/mol. The number of pyridine rings is 1. The van der Waals surface area contributed by atoms with Crippen molar-refractivity contribution in [3.63, 3.8) is 0 Å². The van der Waals surface area contributed by atoms with Gasteiger partial charge in [0.1, 0.15) is 0 Å². The Labute approximate surface area is 152 Å². The van der Waals surface area contributed by atoms with Crippen LogP contribution >= 0.6 is 0 Å². The third-order valence-electron chi connectivity index (χ3n) is 4.26. The molecular weight excluding hydrogens is 302 g/mol. The second kappa shape index (κ2) is 6.74. The normalized spacial score (nSPS) is 12.9. The number of nitrogens with zero attached hydrogens (tertiary/aromatic N) is 1. The van der Waals surface area contributed by atoms with E-state index in [4.69, 9.17) is 4.11 Å². The summed E-state index contributed by atoms with van der Waals surface area (Å²) in [6.07, 6.45) is 1.80. The van der Waals surface area contributed by atoms with Crippen LogP contribution < -0.4 is 0 Å². The van der Waals surface area contributed by atoms with Gasteiger partial charge in [0.25, 0.3) is 0 Å². The summed E-state index contributed by atoms with van der Waals surface area (Å²) in [5.41, 5.74) is 6.72. The summed E-state index contributed by atoms with van der Waals surface area (Å²) in [7, 11) is 0. The summed E-state index contributed by atoms with van der Waals surface area (Å²) in [5, 5.41) is 0. The lowest BCUT2D eigenvalue weighted by Crippen LogP contribution is -1.84. The highest BCUT2D eigenvalue weighted by Gasteiger charge is 2.03. The molecule has 0 saturated heterocycles. The molecule has 1 heterocycles. The Hall–Kier alpha value is -3.19. The van der Waals surface area contributed by atoms with Gasteiger partial charge < -0.3 is 0 Å². The molecule has 0 aliphatic heterocycles. The summed E-state index contributed by atoms with van der Waals surface area (Å²) >= 11 is 0. The lowest BCUT2D eigenvalue weighted by molar-refractivity contribution is 1.33. The van der Waals surface area contributed by atoms with Gasteiger partial charge in [-0.2, -0.15) is 0 Å². The first-order valence-electron chi connectivity index (χ1n) is 9.73. The van der Waals surface area contributed by atoms with Crippen molar-refractivity contribution in [2.75, 3.05) is 0 Å². The first kappa shape index (κ1) is 12.2. The largest absolute Gasteiger partial charge is 0.256 e. The standard InChI is InChI=1S/C24H19N/c1-18-8-10-19(11-9-18)20-12-14-21(15-13-20)22-5-4-6-23(17-22)24-7-2-3-16-25-24/h2-17H,1H3/i1D3. The number of aryl methyl sites for hydroxylation is 1. The highest BCUT2D eigenvalue weighted by molar-refractivity contribution is 5.74. The van der Waals surface area contributed by atoms with Crippen molar-refractivity contribution in [1.82, 2.24) is 4.98 Å². The number of hydrogen-bond donors (Lipinski definition) is 0. The third kappa shape index (κ3) is 3.36. The molecule has 0 radical (unpaired) electrons. The second-order valence-corrected chi connectivity index (χ2v) is 5.95. The number of benzene rings is 3. The van der Waals surface area contributed by atoms with Crippen molar-refractivity contribution in [2.24, 2.45) is 0 Å². The van der Waals surface area contributed by atoms with E-state index >= 15 is 0 Å². The molecule has 1 aromatic heterocycles. The minimum absolute atomic E-state index is 0.360. The molecule has 120 valence electrons. The van der Waals surface area contributed by atoms with Crippen molar-refractivity contribution < 1.29 is 4.11 Å². The molecule has 0 spiro atoms. The number of aromatic nitrogens is 1. The molecular formula is C24H19N. The highest BCUT2D eigenvalue weighted by Crippen LogP contribution is 2.28. The van der Waals surface area contributed by atoms with Crippen LogP contribution in [0, 0.1) is 6.85 Å². The first-order valence-corrected chi connectivity index (χ1v) is 8.23. The monoisotopic (exact) mass is 324 g/mol. The van der Waals surface area contributed by atoms with Crippen molar-refractivity contribution in [3.05, 3.63) is 103 Å². The van der Waals surface area contributed by atoms with Crippen molar-refractivity contribution in [3.8, 4) is 33.5 Å². The van der Waals surface area contributed by atoms with Gasteiger partial charge in [-0.05, 0) is 47.3 Å². The van der Waals surface area contributed by atoms with Crippen LogP contribution in [0.4, 0.5) is 0 Å². The van der Waals surface area contributed by atoms with E-state index in [9.17, 15) is 0 Å². The SMILES string of the molecule is [2H]C([2H])([2H])c1ccc(-c2ccc(-c3cccc(-c4ccccn4)c3)cc2)cc1. The number of hydrogen-bond acceptors (Lipinski definition) is 1. The van der Waals surface area contributed by atoms with E-state index in [0.29, 0.717) is 5.56 Å². The second-order valence-electron chi connectivity index (χ2n) is 5.95. The van der Waals surface area contributed by atoms with Gasteiger partial charge >= 0.3 is 0 Å². The van der Waals surface area contributed by atoms with Crippen LogP contribution in [0.15, 0.2) is 97.2 Å². The zero-order valence-electron chi connectivity index (χ0n) is 16.7. The van der Waals surface area contributed by atoms with Gasteiger partial charge in [-0.3, -0.25) is 4.98 Å². The quantitative estimate of drug-likeness (QED) is 0.425. The lowest BCUT2D eigenvalue weighted by atomic mass is 9.98. The molecule has 0 unspecified atom stereocenters. The molecule has 4 rings (SSSR count). The van der Waals surface area contributed by atoms with E-state index in [0.717, 1.165) is 33.5 Å². The van der Waals surface area contributed by atoms with E-state index in [-0.39, 0.29) is 0 Å². The average Bonchev–Trinajstić information content (AvgIpc) is 2.74. The Morgan fingerprint density at radius 1 is 0.600 bits per heavy atom. The number of rotatable bonds is 3. The molecule has 1 nitrogen and oxygen atoms in total. The topological polar surface area (TPSA) is 12.9 Å². The lowest BCUT2D eigenvalue weighted by Gasteiger charge is -2.07. The molecule has 0 aliphatic rings. The van der Waals surface area contributed by atoms with Crippen molar-refractivity contribution in [2.45, 2.75) is 6.85 Å². The molecule has 0 bridgehead atoms. The zero-order chi connectivity index (χ0) is 19.6. The predicted molar refractivity (Wildman–Crippen MR) is 105 cm³/mol. The Morgan fingerprint density at radius 3 is 1.88 bits per heavy atom. The molecule has 0 amide bonds. The minimum atomic E-state index is -2.07. The summed E-state index contributed by atoms with van der Waals surface area (Å²) < 4.78 is 22.4. The van der Waals surface area contributed by atoms with E-state index in [1.54, 1.807) is 18.3 Å². The summed E-state index contributed by atoms with van der Waals surface area (Å²) in [6, 6.07) is 29.6. The van der Waals surface area contributed by atoms with E-state index < -0.39 is 6.85 Å². The highest BCUT2D eigenvalue weighted by atomic mass is 14.7. The maximum atomic E-state index is 7.48. The molecule has 0 saturated carbocycles. The molecule has 0 atom stereocenters. The van der Waals surface area contributed by atoms with E-state index in [1.807, 2.05) is 36.4 Å². The fourth-order valence-electron chi connectivity index (χ4n) is 2.91. The fraction of sp³-hybridized carbons (Fsp3) is 0.0417. The predicted octanol–water partition coefficient (Wildman–Crippen LogP) is 6.39. The third-order valence-corrected chi connectivity index (χ3v) is 4.26. The Balaban J connectivity index is 1.60. The van der Waals surface area contributed by atoms with E-state index in [1.165, 1.54) is 0 Å². The molecule has 3 aromatic carbocycles. The van der Waals surface area contributed by atoms with Gasteiger partial charge in [-0.1, -0.05) is 78.4 Å². The Bertz CT molecular complexity index is 1070. The van der Waals surface area contributed by atoms with Gasteiger partial charge in [0, 0.05) is 15.9 Å². The maximum absolute atomic E-state index is 7.48. The van der Waals surface area contributed by atoms with Crippen molar-refractivity contribution >= 4 is 0 Å². The van der Waals surface area contributed by atoms with Crippen LogP contribution in [0.3, 0.4) is 0 Å².